The van der Waals surface area contributed by atoms with Gasteiger partial charge in [-0.15, -0.1) is 0 Å². The Morgan fingerprint density at radius 1 is 1.00 bits per heavy atom. The molecule has 0 aliphatic heterocycles. The summed E-state index contributed by atoms with van der Waals surface area (Å²) >= 11 is 0. The molecule has 3 aromatic rings. The van der Waals surface area contributed by atoms with Crippen molar-refractivity contribution in [1.82, 2.24) is 10.2 Å². The second-order valence-corrected chi connectivity index (χ2v) is 10.3. The maximum absolute atomic E-state index is 13.1. The van der Waals surface area contributed by atoms with Crippen molar-refractivity contribution in [3.8, 4) is 16.9 Å². The van der Waals surface area contributed by atoms with Crippen LogP contribution in [0.25, 0.3) is 11.1 Å². The number of hydrogen-bond acceptors (Lipinski definition) is 7. The smallest absolute Gasteiger partial charge is 0.415 e. The molecule has 0 aromatic heterocycles. The van der Waals surface area contributed by atoms with Gasteiger partial charge in [-0.2, -0.15) is 0 Å². The lowest BCUT2D eigenvalue weighted by Gasteiger charge is -2.22. The molecule has 39 heavy (non-hydrogen) atoms. The molecule has 0 atom stereocenters. The first-order valence-electron chi connectivity index (χ1n) is 12.3. The van der Waals surface area contributed by atoms with E-state index < -0.39 is 22.2 Å². The van der Waals surface area contributed by atoms with E-state index in [2.05, 4.69) is 17.0 Å². The van der Waals surface area contributed by atoms with Gasteiger partial charge in [0.2, 0.25) is 10.0 Å². The van der Waals surface area contributed by atoms with Crippen LogP contribution in [0.15, 0.2) is 77.7 Å². The molecule has 0 heterocycles. The Balaban J connectivity index is 1.76. The Hall–Kier alpha value is -4.22. The van der Waals surface area contributed by atoms with Crippen LogP contribution in [0.3, 0.4) is 0 Å². The molecular weight excluding hydrogens is 520 g/mol. The standard InChI is InChI=1S/C28H32N4O6S/c1-3-4-7-17-32(19-20-9-8-10-22(18-20)26(29)31-27(33)37-2)28(34)38-23-15-13-21(14-16-23)24-11-5-6-12-25(24)39(30,35)36/h5-6,8-16,18H,3-4,7,17,19H2,1-2H3,(H2,29,31,33)(H2,30,35,36). The number of primary sulfonamides is 1. The van der Waals surface area contributed by atoms with Crippen molar-refractivity contribution >= 4 is 28.0 Å². The molecule has 0 aliphatic carbocycles. The highest BCUT2D eigenvalue weighted by Crippen LogP contribution is 2.28. The molecule has 0 fully saturated rings. The third-order valence-corrected chi connectivity index (χ3v) is 6.82. The molecule has 10 nitrogen and oxygen atoms in total. The van der Waals surface area contributed by atoms with Crippen LogP contribution < -0.4 is 15.2 Å². The quantitative estimate of drug-likeness (QED) is 0.185. The number of nitrogens with two attached hydrogens (primary N) is 1. The van der Waals surface area contributed by atoms with Gasteiger partial charge >= 0.3 is 12.2 Å². The maximum Gasteiger partial charge on any atom is 0.415 e. The summed E-state index contributed by atoms with van der Waals surface area (Å²) in [4.78, 5) is 26.2. The molecule has 2 amide bonds. The molecular formula is C28H32N4O6S. The van der Waals surface area contributed by atoms with Gasteiger partial charge in [-0.3, -0.25) is 10.7 Å². The number of ether oxygens (including phenoxy) is 2. The average molecular weight is 553 g/mol. The lowest BCUT2D eigenvalue weighted by molar-refractivity contribution is 0.148. The van der Waals surface area contributed by atoms with Crippen LogP contribution in [0.5, 0.6) is 5.75 Å². The maximum atomic E-state index is 13.1. The van der Waals surface area contributed by atoms with Crippen molar-refractivity contribution in [2.75, 3.05) is 13.7 Å². The number of carbonyl (C=O) groups is 2. The van der Waals surface area contributed by atoms with Gasteiger partial charge in [-0.25, -0.2) is 23.1 Å². The molecule has 0 unspecified atom stereocenters. The minimum atomic E-state index is -3.91. The second-order valence-electron chi connectivity index (χ2n) is 8.75. The molecule has 0 spiro atoms. The Morgan fingerprint density at radius 2 is 1.72 bits per heavy atom. The van der Waals surface area contributed by atoms with Crippen LogP contribution in [0.4, 0.5) is 9.59 Å². The fourth-order valence-electron chi connectivity index (χ4n) is 3.88. The number of hydrogen-bond donors (Lipinski definition) is 3. The fraction of sp³-hybridized carbons (Fsp3) is 0.250. The number of methoxy groups -OCH3 is 1. The van der Waals surface area contributed by atoms with Crippen LogP contribution in [-0.4, -0.2) is 45.0 Å². The van der Waals surface area contributed by atoms with Crippen LogP contribution in [-0.2, 0) is 21.3 Å². The molecule has 0 bridgehead atoms. The average Bonchev–Trinajstić information content (AvgIpc) is 2.92. The first-order chi connectivity index (χ1) is 18.6. The zero-order valence-corrected chi connectivity index (χ0v) is 22.7. The normalized spacial score (nSPS) is 10.9. The molecule has 4 N–H and O–H groups in total. The monoisotopic (exact) mass is 552 g/mol. The first kappa shape index (κ1) is 29.3. The molecule has 11 heteroatoms. The van der Waals surface area contributed by atoms with Crippen molar-refractivity contribution in [2.24, 2.45) is 5.14 Å². The number of unbranched alkanes of at least 4 members (excludes halogenated alkanes) is 2. The fourth-order valence-corrected chi connectivity index (χ4v) is 4.64. The van der Waals surface area contributed by atoms with Crippen molar-refractivity contribution in [3.63, 3.8) is 0 Å². The molecule has 0 radical (unpaired) electrons. The zero-order chi connectivity index (χ0) is 28.4. The zero-order valence-electron chi connectivity index (χ0n) is 21.8. The Bertz CT molecular complexity index is 1420. The van der Waals surface area contributed by atoms with Gasteiger partial charge in [0.1, 0.15) is 11.6 Å². The van der Waals surface area contributed by atoms with Crippen LogP contribution in [0, 0.1) is 5.41 Å². The first-order valence-corrected chi connectivity index (χ1v) is 13.9. The Labute approximate surface area is 228 Å². The van der Waals surface area contributed by atoms with Crippen molar-refractivity contribution in [2.45, 2.75) is 37.6 Å². The number of sulfonamides is 1. The number of amidine groups is 1. The van der Waals surface area contributed by atoms with E-state index in [1.54, 1.807) is 65.6 Å². The minimum absolute atomic E-state index is 0.00828. The summed E-state index contributed by atoms with van der Waals surface area (Å²) in [5, 5.41) is 15.8. The topological polar surface area (TPSA) is 152 Å². The van der Waals surface area contributed by atoms with E-state index in [9.17, 15) is 18.0 Å². The summed E-state index contributed by atoms with van der Waals surface area (Å²) in [7, 11) is -2.69. The van der Waals surface area contributed by atoms with Gasteiger partial charge in [0, 0.05) is 24.2 Å². The number of alkyl carbamates (subject to hydrolysis) is 1. The van der Waals surface area contributed by atoms with Gasteiger partial charge in [-0.05, 0) is 41.8 Å². The van der Waals surface area contributed by atoms with E-state index in [0.717, 1.165) is 24.8 Å². The van der Waals surface area contributed by atoms with Gasteiger partial charge in [0.15, 0.2) is 0 Å². The van der Waals surface area contributed by atoms with Crippen LogP contribution >= 0.6 is 0 Å². The Kier molecular flexibility index (Phi) is 10.2. The highest BCUT2D eigenvalue weighted by Gasteiger charge is 2.18. The highest BCUT2D eigenvalue weighted by molar-refractivity contribution is 7.89. The molecule has 0 saturated carbocycles. The minimum Gasteiger partial charge on any atom is -0.453 e. The predicted molar refractivity (Wildman–Crippen MR) is 148 cm³/mol. The summed E-state index contributed by atoms with van der Waals surface area (Å²) in [6.45, 7) is 2.78. The summed E-state index contributed by atoms with van der Waals surface area (Å²) in [5.74, 6) is 0.183. The summed E-state index contributed by atoms with van der Waals surface area (Å²) in [6.07, 6.45) is 1.42. The lowest BCUT2D eigenvalue weighted by Crippen LogP contribution is -2.34. The summed E-state index contributed by atoms with van der Waals surface area (Å²) < 4.78 is 34.1. The van der Waals surface area contributed by atoms with Gasteiger partial charge in [0.05, 0.1) is 12.0 Å². The van der Waals surface area contributed by atoms with E-state index in [1.807, 2.05) is 6.07 Å². The molecule has 3 rings (SSSR count). The van der Waals surface area contributed by atoms with Gasteiger partial charge in [0.25, 0.3) is 0 Å². The van der Waals surface area contributed by atoms with Crippen LogP contribution in [0.2, 0.25) is 0 Å². The number of amides is 2. The van der Waals surface area contributed by atoms with E-state index in [0.29, 0.717) is 29.0 Å². The molecule has 0 saturated heterocycles. The molecule has 0 aliphatic rings. The van der Waals surface area contributed by atoms with E-state index in [-0.39, 0.29) is 17.3 Å². The predicted octanol–water partition coefficient (Wildman–Crippen LogP) is 4.87. The van der Waals surface area contributed by atoms with Crippen molar-refractivity contribution in [1.29, 1.82) is 5.41 Å². The van der Waals surface area contributed by atoms with Gasteiger partial charge in [-0.1, -0.05) is 68.3 Å². The lowest BCUT2D eigenvalue weighted by atomic mass is 10.1. The number of carbonyl (C=O) groups excluding carboxylic acids is 2. The summed E-state index contributed by atoms with van der Waals surface area (Å²) in [5.41, 5.74) is 2.28. The van der Waals surface area contributed by atoms with E-state index in [4.69, 9.17) is 15.3 Å². The Morgan fingerprint density at radius 3 is 2.38 bits per heavy atom. The van der Waals surface area contributed by atoms with Gasteiger partial charge < -0.3 is 14.4 Å². The number of nitrogens with one attached hydrogen (secondary N) is 2. The number of nitrogens with zero attached hydrogens (tertiary/aromatic N) is 1. The number of benzene rings is 3. The second kappa shape index (κ2) is 13.5. The third kappa shape index (κ3) is 8.39. The van der Waals surface area contributed by atoms with Crippen molar-refractivity contribution in [3.05, 3.63) is 83.9 Å². The SMILES string of the molecule is CCCCCN(Cc1cccc(C(=N)NC(=O)OC)c1)C(=O)Oc1ccc(-c2ccccc2S(N)(=O)=O)cc1. The van der Waals surface area contributed by atoms with E-state index >= 15 is 0 Å². The highest BCUT2D eigenvalue weighted by atomic mass is 32.2. The van der Waals surface area contributed by atoms with E-state index in [1.165, 1.54) is 13.2 Å². The molecule has 206 valence electrons. The summed E-state index contributed by atoms with van der Waals surface area (Å²) in [6, 6.07) is 19.9. The number of rotatable bonds is 10. The largest absolute Gasteiger partial charge is 0.453 e. The van der Waals surface area contributed by atoms with Crippen molar-refractivity contribution < 1.29 is 27.5 Å². The molecule has 3 aromatic carbocycles. The van der Waals surface area contributed by atoms with Crippen LogP contribution in [0.1, 0.15) is 37.3 Å². The third-order valence-electron chi connectivity index (χ3n) is 5.86.